The largest absolute Gasteiger partial charge is 0.445 e. The Morgan fingerprint density at radius 3 is 2.67 bits per heavy atom. The molecule has 0 aromatic heterocycles. The summed E-state index contributed by atoms with van der Waals surface area (Å²) in [5.74, 6) is 0. The number of ether oxygens (including phenoxy) is 2. The van der Waals surface area contributed by atoms with Gasteiger partial charge in [0.05, 0.1) is 12.3 Å². The highest BCUT2D eigenvalue weighted by molar-refractivity contribution is 6.14. The number of nitrogens with one attached hydrogen (secondary N) is 3. The molecule has 1 amide bonds. The maximum absolute atomic E-state index is 12.0. The standard InChI is InChI=1S/C31H38N4O4/c1-35(17-8-16-33-31(37)39-22-23-9-3-2-4-10-23)26-14-15-28(34-29-13-5-6-18-38-29)27(20-26)30(32)25-12-7-11-24(19-25)21-36/h2-4,7,9-12,14-15,19-20,29,32,34,36H,5-6,8,13,16-18,21-22H2,1H3,(H,33,37). The van der Waals surface area contributed by atoms with E-state index in [1.807, 2.05) is 79.8 Å². The van der Waals surface area contributed by atoms with Gasteiger partial charge in [-0.3, -0.25) is 5.41 Å². The van der Waals surface area contributed by atoms with E-state index >= 15 is 0 Å². The first-order valence-corrected chi connectivity index (χ1v) is 13.5. The third kappa shape index (κ3) is 8.30. The number of aliphatic hydroxyl groups is 1. The number of carbonyl (C=O) groups is 1. The number of aliphatic hydroxyl groups excluding tert-OH is 1. The van der Waals surface area contributed by atoms with Crippen molar-refractivity contribution in [2.24, 2.45) is 0 Å². The molecule has 1 unspecified atom stereocenters. The Hall–Kier alpha value is -3.88. The fraction of sp³-hybridized carbons (Fsp3) is 0.355. The second-order valence-corrected chi connectivity index (χ2v) is 9.73. The van der Waals surface area contributed by atoms with Crippen molar-refractivity contribution in [2.75, 3.05) is 37.0 Å². The molecule has 8 heteroatoms. The minimum absolute atomic E-state index is 0.0707. The summed E-state index contributed by atoms with van der Waals surface area (Å²) in [4.78, 5) is 14.1. The SMILES string of the molecule is CN(CCCNC(=O)OCc1ccccc1)c1ccc(NC2CCCCO2)c(C(=N)c2cccc(CO)c2)c1. The lowest BCUT2D eigenvalue weighted by Gasteiger charge is -2.27. The molecule has 1 heterocycles. The van der Waals surface area contributed by atoms with Crippen LogP contribution in [0.1, 0.15) is 47.9 Å². The van der Waals surface area contributed by atoms with E-state index in [1.165, 1.54) is 0 Å². The van der Waals surface area contributed by atoms with Crippen molar-refractivity contribution in [3.8, 4) is 0 Å². The van der Waals surface area contributed by atoms with Crippen LogP contribution in [0.3, 0.4) is 0 Å². The van der Waals surface area contributed by atoms with E-state index in [0.717, 1.165) is 65.9 Å². The van der Waals surface area contributed by atoms with Gasteiger partial charge in [-0.05, 0) is 61.1 Å². The predicted octanol–water partition coefficient (Wildman–Crippen LogP) is 5.29. The molecular formula is C31H38N4O4. The Kier molecular flexibility index (Phi) is 10.3. The van der Waals surface area contributed by atoms with Gasteiger partial charge in [-0.1, -0.05) is 48.5 Å². The van der Waals surface area contributed by atoms with Crippen LogP contribution >= 0.6 is 0 Å². The number of nitrogens with zero attached hydrogens (tertiary/aromatic N) is 1. The number of hydrogen-bond donors (Lipinski definition) is 4. The number of carbonyl (C=O) groups excluding carboxylic acids is 1. The van der Waals surface area contributed by atoms with Gasteiger partial charge < -0.3 is 30.1 Å². The Balaban J connectivity index is 1.38. The van der Waals surface area contributed by atoms with Crippen LogP contribution in [0.5, 0.6) is 0 Å². The molecule has 8 nitrogen and oxygen atoms in total. The first-order valence-electron chi connectivity index (χ1n) is 13.5. The average molecular weight is 531 g/mol. The van der Waals surface area contributed by atoms with E-state index in [2.05, 4.69) is 15.5 Å². The molecule has 1 aliphatic heterocycles. The normalized spacial score (nSPS) is 14.9. The van der Waals surface area contributed by atoms with Crippen molar-refractivity contribution in [1.82, 2.24) is 5.32 Å². The molecule has 3 aromatic carbocycles. The van der Waals surface area contributed by atoms with E-state index in [1.54, 1.807) is 0 Å². The van der Waals surface area contributed by atoms with Crippen LogP contribution in [-0.2, 0) is 22.7 Å². The Bertz CT molecular complexity index is 1230. The van der Waals surface area contributed by atoms with Gasteiger partial charge in [-0.2, -0.15) is 0 Å². The zero-order valence-corrected chi connectivity index (χ0v) is 22.5. The molecule has 0 radical (unpaired) electrons. The smallest absolute Gasteiger partial charge is 0.407 e. The molecule has 0 bridgehead atoms. The molecule has 1 fully saturated rings. The van der Waals surface area contributed by atoms with Gasteiger partial charge in [-0.15, -0.1) is 0 Å². The molecule has 0 spiro atoms. The summed E-state index contributed by atoms with van der Waals surface area (Å²) in [7, 11) is 2.00. The molecule has 1 aliphatic rings. The summed E-state index contributed by atoms with van der Waals surface area (Å²) in [5.41, 5.74) is 5.42. The summed E-state index contributed by atoms with van der Waals surface area (Å²) in [6.07, 6.45) is 3.33. The van der Waals surface area contributed by atoms with E-state index in [4.69, 9.17) is 14.9 Å². The van der Waals surface area contributed by atoms with Gasteiger partial charge in [-0.25, -0.2) is 4.79 Å². The molecule has 3 aromatic rings. The Morgan fingerprint density at radius 1 is 1.08 bits per heavy atom. The van der Waals surface area contributed by atoms with Crippen molar-refractivity contribution in [3.05, 3.63) is 95.1 Å². The van der Waals surface area contributed by atoms with Crippen molar-refractivity contribution >= 4 is 23.2 Å². The monoisotopic (exact) mass is 530 g/mol. The van der Waals surface area contributed by atoms with Crippen LogP contribution in [0.2, 0.25) is 0 Å². The van der Waals surface area contributed by atoms with Crippen LogP contribution in [0.15, 0.2) is 72.8 Å². The number of rotatable bonds is 12. The van der Waals surface area contributed by atoms with Gasteiger partial charge in [0.15, 0.2) is 0 Å². The van der Waals surface area contributed by atoms with Gasteiger partial charge in [0.25, 0.3) is 0 Å². The van der Waals surface area contributed by atoms with Crippen molar-refractivity contribution in [1.29, 1.82) is 5.41 Å². The summed E-state index contributed by atoms with van der Waals surface area (Å²) in [6.45, 7) is 2.11. The second-order valence-electron chi connectivity index (χ2n) is 9.73. The van der Waals surface area contributed by atoms with Crippen LogP contribution in [0.25, 0.3) is 0 Å². The topological polar surface area (TPSA) is 107 Å². The Labute approximate surface area is 230 Å². The van der Waals surface area contributed by atoms with Gasteiger partial charge in [0, 0.05) is 49.2 Å². The second kappa shape index (κ2) is 14.3. The molecule has 0 saturated carbocycles. The fourth-order valence-electron chi connectivity index (χ4n) is 4.52. The molecule has 206 valence electrons. The first kappa shape index (κ1) is 28.1. The van der Waals surface area contributed by atoms with E-state index < -0.39 is 6.09 Å². The minimum Gasteiger partial charge on any atom is -0.445 e. The lowest BCUT2D eigenvalue weighted by atomic mass is 9.98. The lowest BCUT2D eigenvalue weighted by molar-refractivity contribution is 0.0343. The number of hydrogen-bond acceptors (Lipinski definition) is 7. The molecule has 1 atom stereocenters. The van der Waals surface area contributed by atoms with Crippen LogP contribution < -0.4 is 15.5 Å². The molecule has 4 rings (SSSR count). The van der Waals surface area contributed by atoms with Crippen molar-refractivity contribution in [3.63, 3.8) is 0 Å². The molecular weight excluding hydrogens is 492 g/mol. The third-order valence-electron chi connectivity index (χ3n) is 6.76. The molecule has 1 saturated heterocycles. The molecule has 39 heavy (non-hydrogen) atoms. The molecule has 0 aliphatic carbocycles. The maximum atomic E-state index is 12.0. The van der Waals surface area contributed by atoms with E-state index in [-0.39, 0.29) is 19.4 Å². The average Bonchev–Trinajstić information content (AvgIpc) is 2.99. The molecule has 4 N–H and O–H groups in total. The van der Waals surface area contributed by atoms with Crippen LogP contribution in [0, 0.1) is 5.41 Å². The van der Waals surface area contributed by atoms with E-state index in [0.29, 0.717) is 18.8 Å². The summed E-state index contributed by atoms with van der Waals surface area (Å²) in [5, 5.41) is 24.9. The summed E-state index contributed by atoms with van der Waals surface area (Å²) < 4.78 is 11.2. The lowest BCUT2D eigenvalue weighted by Crippen LogP contribution is -2.29. The highest BCUT2D eigenvalue weighted by Crippen LogP contribution is 2.28. The number of amides is 1. The van der Waals surface area contributed by atoms with Crippen molar-refractivity contribution in [2.45, 2.75) is 45.1 Å². The number of alkyl carbamates (subject to hydrolysis) is 1. The predicted molar refractivity (Wildman–Crippen MR) is 154 cm³/mol. The maximum Gasteiger partial charge on any atom is 0.407 e. The highest BCUT2D eigenvalue weighted by atomic mass is 16.5. The van der Waals surface area contributed by atoms with Crippen LogP contribution in [0.4, 0.5) is 16.2 Å². The third-order valence-corrected chi connectivity index (χ3v) is 6.76. The first-order chi connectivity index (χ1) is 19.0. The quantitative estimate of drug-likeness (QED) is 0.187. The van der Waals surface area contributed by atoms with Gasteiger partial charge in [0.2, 0.25) is 0 Å². The zero-order valence-electron chi connectivity index (χ0n) is 22.5. The number of anilines is 2. The summed E-state index contributed by atoms with van der Waals surface area (Å²) >= 11 is 0. The van der Waals surface area contributed by atoms with Gasteiger partial charge in [0.1, 0.15) is 12.8 Å². The van der Waals surface area contributed by atoms with Crippen molar-refractivity contribution < 1.29 is 19.4 Å². The fourth-order valence-corrected chi connectivity index (χ4v) is 4.52. The Morgan fingerprint density at radius 2 is 1.90 bits per heavy atom. The van der Waals surface area contributed by atoms with Crippen LogP contribution in [-0.4, -0.2) is 49.9 Å². The van der Waals surface area contributed by atoms with Gasteiger partial charge >= 0.3 is 6.09 Å². The highest BCUT2D eigenvalue weighted by Gasteiger charge is 2.18. The zero-order chi connectivity index (χ0) is 27.5. The summed E-state index contributed by atoms with van der Waals surface area (Å²) in [6, 6.07) is 23.1. The van der Waals surface area contributed by atoms with E-state index in [9.17, 15) is 9.90 Å². The minimum atomic E-state index is -0.428. The number of benzene rings is 3.